The Labute approximate surface area is 101 Å². The van der Waals surface area contributed by atoms with E-state index in [0.29, 0.717) is 6.54 Å². The van der Waals surface area contributed by atoms with E-state index in [-0.39, 0.29) is 12.0 Å². The first kappa shape index (κ1) is 12.0. The van der Waals surface area contributed by atoms with Crippen LogP contribution in [-0.4, -0.2) is 30.5 Å². The molecule has 5 nitrogen and oxygen atoms in total. The standard InChI is InChI=1S/C12H20N4O/c13-12(14)15-9-10(11-5-4-8-17-11)16-6-2-1-3-7-16/h4-5,8,10H,1-3,6-7,9H2,(H4,13,14,15)/t10-/m0/s1. The second-order valence-corrected chi connectivity index (χ2v) is 4.39. The van der Waals surface area contributed by atoms with Gasteiger partial charge in [-0.25, -0.2) is 0 Å². The maximum absolute atomic E-state index is 5.49. The third-order valence-corrected chi connectivity index (χ3v) is 3.15. The highest BCUT2D eigenvalue weighted by atomic mass is 16.3. The molecule has 17 heavy (non-hydrogen) atoms. The average molecular weight is 236 g/mol. The molecule has 94 valence electrons. The largest absolute Gasteiger partial charge is 0.468 e. The average Bonchev–Trinajstić information content (AvgIpc) is 2.84. The summed E-state index contributed by atoms with van der Waals surface area (Å²) in [5.74, 6) is 1.08. The van der Waals surface area contributed by atoms with Gasteiger partial charge in [0.05, 0.1) is 18.8 Å². The lowest BCUT2D eigenvalue weighted by atomic mass is 10.1. The van der Waals surface area contributed by atoms with Gasteiger partial charge in [-0.05, 0) is 38.1 Å². The van der Waals surface area contributed by atoms with E-state index in [1.165, 1.54) is 19.3 Å². The molecule has 1 aliphatic rings. The van der Waals surface area contributed by atoms with Gasteiger partial charge in [0.15, 0.2) is 5.96 Å². The zero-order valence-electron chi connectivity index (χ0n) is 10.0. The molecule has 1 aliphatic heterocycles. The predicted octanol–water partition coefficient (Wildman–Crippen LogP) is 1.08. The lowest BCUT2D eigenvalue weighted by Gasteiger charge is -2.32. The van der Waals surface area contributed by atoms with E-state index in [4.69, 9.17) is 15.9 Å². The van der Waals surface area contributed by atoms with Gasteiger partial charge < -0.3 is 15.9 Å². The Hall–Kier alpha value is -1.49. The summed E-state index contributed by atoms with van der Waals surface area (Å²) in [6.07, 6.45) is 5.48. The maximum atomic E-state index is 5.49. The number of hydrogen-bond acceptors (Lipinski definition) is 3. The fourth-order valence-corrected chi connectivity index (χ4v) is 2.29. The van der Waals surface area contributed by atoms with Crippen LogP contribution in [0.5, 0.6) is 0 Å². The highest BCUT2D eigenvalue weighted by Gasteiger charge is 2.23. The molecule has 0 radical (unpaired) electrons. The van der Waals surface area contributed by atoms with Gasteiger partial charge in [0, 0.05) is 0 Å². The van der Waals surface area contributed by atoms with Crippen molar-refractivity contribution in [1.29, 1.82) is 0 Å². The summed E-state index contributed by atoms with van der Waals surface area (Å²) < 4.78 is 5.49. The van der Waals surface area contributed by atoms with E-state index in [2.05, 4.69) is 9.89 Å². The van der Waals surface area contributed by atoms with Crippen molar-refractivity contribution in [2.75, 3.05) is 19.6 Å². The topological polar surface area (TPSA) is 80.8 Å². The van der Waals surface area contributed by atoms with Crippen LogP contribution in [0.15, 0.2) is 27.8 Å². The third-order valence-electron chi connectivity index (χ3n) is 3.15. The Balaban J connectivity index is 2.08. The number of aliphatic imine (C=N–C) groups is 1. The van der Waals surface area contributed by atoms with Gasteiger partial charge in [0.1, 0.15) is 5.76 Å². The Kier molecular flexibility index (Phi) is 4.03. The van der Waals surface area contributed by atoms with E-state index >= 15 is 0 Å². The predicted molar refractivity (Wildman–Crippen MR) is 67.5 cm³/mol. The fourth-order valence-electron chi connectivity index (χ4n) is 2.29. The molecule has 1 atom stereocenters. The molecule has 0 saturated carbocycles. The number of furan rings is 1. The molecule has 1 saturated heterocycles. The second-order valence-electron chi connectivity index (χ2n) is 4.39. The molecule has 0 amide bonds. The number of nitrogens with two attached hydrogens (primary N) is 2. The van der Waals surface area contributed by atoms with Gasteiger partial charge in [-0.15, -0.1) is 0 Å². The van der Waals surface area contributed by atoms with E-state index in [1.807, 2.05) is 12.1 Å². The van der Waals surface area contributed by atoms with Crippen molar-refractivity contribution >= 4 is 5.96 Å². The van der Waals surface area contributed by atoms with E-state index in [9.17, 15) is 0 Å². The van der Waals surface area contributed by atoms with Crippen LogP contribution in [0.4, 0.5) is 0 Å². The summed E-state index contributed by atoms with van der Waals surface area (Å²) in [6.45, 7) is 2.74. The minimum Gasteiger partial charge on any atom is -0.468 e. The first-order chi connectivity index (χ1) is 8.27. The Bertz CT molecular complexity index is 351. The normalized spacial score (nSPS) is 18.8. The SMILES string of the molecule is NC(N)=NC[C@@H](c1ccco1)N1CCCCC1. The van der Waals surface area contributed by atoms with E-state index < -0.39 is 0 Å². The second kappa shape index (κ2) is 5.72. The highest BCUT2D eigenvalue weighted by molar-refractivity contribution is 5.75. The summed E-state index contributed by atoms with van der Waals surface area (Å²) in [5.41, 5.74) is 10.8. The highest BCUT2D eigenvalue weighted by Crippen LogP contribution is 2.25. The van der Waals surface area contributed by atoms with Gasteiger partial charge in [-0.3, -0.25) is 9.89 Å². The smallest absolute Gasteiger partial charge is 0.185 e. The molecular weight excluding hydrogens is 216 g/mol. The number of guanidine groups is 1. The number of rotatable bonds is 4. The Morgan fingerprint density at radius 3 is 2.71 bits per heavy atom. The van der Waals surface area contributed by atoms with E-state index in [0.717, 1.165) is 18.8 Å². The Morgan fingerprint density at radius 1 is 1.35 bits per heavy atom. The van der Waals surface area contributed by atoms with Crippen molar-refractivity contribution in [2.45, 2.75) is 25.3 Å². The van der Waals surface area contributed by atoms with Crippen molar-refractivity contribution in [3.05, 3.63) is 24.2 Å². The minimum absolute atomic E-state index is 0.138. The van der Waals surface area contributed by atoms with Crippen molar-refractivity contribution in [3.8, 4) is 0 Å². The number of hydrogen-bond donors (Lipinski definition) is 2. The first-order valence-electron chi connectivity index (χ1n) is 6.10. The molecule has 0 unspecified atom stereocenters. The molecule has 0 aliphatic carbocycles. The van der Waals surface area contributed by atoms with Crippen LogP contribution in [0.25, 0.3) is 0 Å². The number of likely N-dealkylation sites (tertiary alicyclic amines) is 1. The summed E-state index contributed by atoms with van der Waals surface area (Å²) in [5, 5.41) is 0. The molecule has 0 aromatic carbocycles. The van der Waals surface area contributed by atoms with Gasteiger partial charge in [0.25, 0.3) is 0 Å². The quantitative estimate of drug-likeness (QED) is 0.605. The lowest BCUT2D eigenvalue weighted by molar-refractivity contribution is 0.150. The Morgan fingerprint density at radius 2 is 2.12 bits per heavy atom. The van der Waals surface area contributed by atoms with Gasteiger partial charge in [-0.2, -0.15) is 0 Å². The molecular formula is C12H20N4O. The molecule has 2 rings (SSSR count). The fraction of sp³-hybridized carbons (Fsp3) is 0.583. The molecule has 1 aromatic rings. The molecule has 5 heteroatoms. The van der Waals surface area contributed by atoms with Crippen molar-refractivity contribution in [2.24, 2.45) is 16.5 Å². The lowest BCUT2D eigenvalue weighted by Crippen LogP contribution is -2.36. The van der Waals surface area contributed by atoms with Crippen LogP contribution >= 0.6 is 0 Å². The van der Waals surface area contributed by atoms with Gasteiger partial charge in [-0.1, -0.05) is 6.42 Å². The van der Waals surface area contributed by atoms with Crippen LogP contribution in [0, 0.1) is 0 Å². The van der Waals surface area contributed by atoms with Crippen LogP contribution in [0.1, 0.15) is 31.1 Å². The van der Waals surface area contributed by atoms with Crippen LogP contribution in [0.3, 0.4) is 0 Å². The van der Waals surface area contributed by atoms with Crippen molar-refractivity contribution in [1.82, 2.24) is 4.90 Å². The van der Waals surface area contributed by atoms with Gasteiger partial charge >= 0.3 is 0 Å². The van der Waals surface area contributed by atoms with Crippen LogP contribution in [0.2, 0.25) is 0 Å². The zero-order chi connectivity index (χ0) is 12.1. The molecule has 0 bridgehead atoms. The number of piperidine rings is 1. The van der Waals surface area contributed by atoms with Crippen molar-refractivity contribution < 1.29 is 4.42 Å². The summed E-state index contributed by atoms with van der Waals surface area (Å²) in [4.78, 5) is 6.52. The molecule has 1 fully saturated rings. The maximum Gasteiger partial charge on any atom is 0.185 e. The van der Waals surface area contributed by atoms with Crippen LogP contribution in [-0.2, 0) is 0 Å². The molecule has 0 spiro atoms. The first-order valence-corrected chi connectivity index (χ1v) is 6.10. The molecule has 4 N–H and O–H groups in total. The summed E-state index contributed by atoms with van der Waals surface area (Å²) in [7, 11) is 0. The van der Waals surface area contributed by atoms with Gasteiger partial charge in [0.2, 0.25) is 0 Å². The van der Waals surface area contributed by atoms with Crippen LogP contribution < -0.4 is 11.5 Å². The van der Waals surface area contributed by atoms with Crippen molar-refractivity contribution in [3.63, 3.8) is 0 Å². The third kappa shape index (κ3) is 3.23. The zero-order valence-corrected chi connectivity index (χ0v) is 10.0. The summed E-state index contributed by atoms with van der Waals surface area (Å²) in [6, 6.07) is 4.05. The minimum atomic E-state index is 0.138. The monoisotopic (exact) mass is 236 g/mol. The molecule has 1 aromatic heterocycles. The molecule has 2 heterocycles. The van der Waals surface area contributed by atoms with E-state index in [1.54, 1.807) is 6.26 Å². The summed E-state index contributed by atoms with van der Waals surface area (Å²) >= 11 is 0. The number of nitrogens with zero attached hydrogens (tertiary/aromatic N) is 2.